The van der Waals surface area contributed by atoms with Crippen LogP contribution in [-0.4, -0.2) is 99.1 Å². The van der Waals surface area contributed by atoms with Crippen molar-refractivity contribution < 1.29 is 48.6 Å². The summed E-state index contributed by atoms with van der Waals surface area (Å²) in [4.78, 5) is 27.5. The summed E-state index contributed by atoms with van der Waals surface area (Å²) in [5.41, 5.74) is -1.62. The van der Waals surface area contributed by atoms with Gasteiger partial charge in [-0.1, -0.05) is 61.5 Å². The Balaban J connectivity index is 1.30. The van der Waals surface area contributed by atoms with Gasteiger partial charge in [0, 0.05) is 36.6 Å². The standard InChI is InChI=1S/C45H75NO10/c1-12-24-46-41(50)32(13-2)34-17-16-26(5)39(53-34)30(9)37(48)29(8)38(49)33(14-3)40-27(6)25-28(7)44(54-40)21-18-35(47)45(56-44)23-22-42(11,55-45)36-19-20-43(51,15-4)31(10)52-36/h12,18,21,26-37,39-40,47-48,51H,1,13-17,19-20,22-25H2,2-11H3,(H,46,50)/t26-,27-,28+,29-,30-,31-,32+,33-,34+,35+,36+,37+,39+,40-,42-,43+,44-,45-/m0/s1. The molecule has 0 bridgehead atoms. The molecule has 2 spiro atoms. The van der Waals surface area contributed by atoms with Crippen LogP contribution in [0.3, 0.4) is 0 Å². The van der Waals surface area contributed by atoms with Gasteiger partial charge in [0.15, 0.2) is 5.79 Å². The number of ketones is 1. The average Bonchev–Trinajstić information content (AvgIpc) is 3.52. The Morgan fingerprint density at radius 1 is 0.946 bits per heavy atom. The maximum atomic E-state index is 14.5. The summed E-state index contributed by atoms with van der Waals surface area (Å²) in [7, 11) is 0. The van der Waals surface area contributed by atoms with E-state index in [1.807, 2.05) is 54.5 Å². The largest absolute Gasteiger partial charge is 0.392 e. The molecule has 320 valence electrons. The van der Waals surface area contributed by atoms with Gasteiger partial charge in [0.25, 0.3) is 0 Å². The number of carbonyl (C=O) groups excluding carboxylic acids is 2. The first-order chi connectivity index (χ1) is 26.3. The second kappa shape index (κ2) is 17.9. The minimum absolute atomic E-state index is 0.0240. The molecule has 0 aromatic rings. The van der Waals surface area contributed by atoms with Gasteiger partial charge in [-0.05, 0) is 95.6 Å². The predicted octanol–water partition coefficient (Wildman–Crippen LogP) is 6.41. The molecule has 4 fully saturated rings. The average molecular weight is 790 g/mol. The molecular weight excluding hydrogens is 714 g/mol. The van der Waals surface area contributed by atoms with Gasteiger partial charge in [-0.25, -0.2) is 0 Å². The van der Waals surface area contributed by atoms with Gasteiger partial charge < -0.3 is 44.3 Å². The van der Waals surface area contributed by atoms with E-state index >= 15 is 0 Å². The molecule has 0 aromatic carbocycles. The first kappa shape index (κ1) is 45.4. The number of aliphatic hydroxyl groups is 3. The van der Waals surface area contributed by atoms with Crippen molar-refractivity contribution in [3.05, 3.63) is 24.8 Å². The molecule has 11 nitrogen and oxygen atoms in total. The molecule has 0 aromatic heterocycles. The van der Waals surface area contributed by atoms with Crippen molar-refractivity contribution in [3.8, 4) is 0 Å². The van der Waals surface area contributed by atoms with Gasteiger partial charge in [0.1, 0.15) is 11.9 Å². The zero-order valence-electron chi connectivity index (χ0n) is 36.0. The van der Waals surface area contributed by atoms with E-state index in [0.29, 0.717) is 51.5 Å². The highest BCUT2D eigenvalue weighted by Gasteiger charge is 2.63. The van der Waals surface area contributed by atoms with Crippen LogP contribution in [0.1, 0.15) is 133 Å². The molecule has 0 aliphatic carbocycles. The minimum atomic E-state index is -1.36. The van der Waals surface area contributed by atoms with Crippen LogP contribution in [0.15, 0.2) is 24.8 Å². The van der Waals surface area contributed by atoms with E-state index in [1.165, 1.54) is 0 Å². The topological polar surface area (TPSA) is 153 Å². The van der Waals surface area contributed by atoms with Gasteiger partial charge in [-0.2, -0.15) is 0 Å². The molecule has 5 aliphatic rings. The van der Waals surface area contributed by atoms with Crippen LogP contribution in [0.25, 0.3) is 0 Å². The fraction of sp³-hybridized carbons (Fsp3) is 0.867. The molecule has 18 atom stereocenters. The Kier molecular flexibility index (Phi) is 14.5. The number of hydrogen-bond donors (Lipinski definition) is 4. The molecule has 56 heavy (non-hydrogen) atoms. The van der Waals surface area contributed by atoms with Crippen LogP contribution in [0.4, 0.5) is 0 Å². The molecule has 1 amide bonds. The lowest BCUT2D eigenvalue weighted by Crippen LogP contribution is -2.63. The maximum Gasteiger partial charge on any atom is 0.225 e. The molecule has 0 unspecified atom stereocenters. The van der Waals surface area contributed by atoms with Crippen molar-refractivity contribution in [1.29, 1.82) is 0 Å². The molecule has 11 heteroatoms. The highest BCUT2D eigenvalue weighted by Crippen LogP contribution is 2.54. The molecule has 5 heterocycles. The second-order valence-electron chi connectivity index (χ2n) is 18.6. The third-order valence-corrected chi connectivity index (χ3v) is 14.9. The Bertz CT molecular complexity index is 1410. The zero-order valence-corrected chi connectivity index (χ0v) is 36.0. The lowest BCUT2D eigenvalue weighted by Gasteiger charge is -2.54. The quantitative estimate of drug-likeness (QED) is 0.145. The minimum Gasteiger partial charge on any atom is -0.392 e. The number of rotatable bonds is 14. The van der Waals surface area contributed by atoms with Gasteiger partial charge in [-0.3, -0.25) is 9.59 Å². The summed E-state index contributed by atoms with van der Waals surface area (Å²) >= 11 is 0. The van der Waals surface area contributed by atoms with E-state index in [0.717, 1.165) is 19.3 Å². The lowest BCUT2D eigenvalue weighted by atomic mass is 9.72. The number of aliphatic hydroxyl groups excluding tert-OH is 2. The van der Waals surface area contributed by atoms with Crippen molar-refractivity contribution in [2.24, 2.45) is 41.4 Å². The molecule has 5 aliphatic heterocycles. The molecule has 5 rings (SSSR count). The van der Waals surface area contributed by atoms with Gasteiger partial charge in [-0.15, -0.1) is 6.58 Å². The first-order valence-electron chi connectivity index (χ1n) is 21.9. The van der Waals surface area contributed by atoms with Crippen LogP contribution in [0, 0.1) is 41.4 Å². The number of Topliss-reactive ketones (excluding diaryl/α,β-unsaturated/α-hetero) is 1. The van der Waals surface area contributed by atoms with E-state index in [-0.39, 0.29) is 65.7 Å². The molecule has 4 N–H and O–H groups in total. The van der Waals surface area contributed by atoms with E-state index < -0.39 is 52.9 Å². The van der Waals surface area contributed by atoms with Crippen molar-refractivity contribution >= 4 is 11.7 Å². The summed E-state index contributed by atoms with van der Waals surface area (Å²) in [6, 6.07) is 0. The molecular formula is C45H75NO10. The highest BCUT2D eigenvalue weighted by atomic mass is 16.8. The fourth-order valence-electron chi connectivity index (χ4n) is 10.8. The zero-order chi connectivity index (χ0) is 41.4. The first-order valence-corrected chi connectivity index (χ1v) is 21.9. The third-order valence-electron chi connectivity index (χ3n) is 14.9. The lowest BCUT2D eigenvalue weighted by molar-refractivity contribution is -0.409. The summed E-state index contributed by atoms with van der Waals surface area (Å²) < 4.78 is 33.8. The molecule has 0 radical (unpaired) electrons. The molecule has 4 saturated heterocycles. The van der Waals surface area contributed by atoms with E-state index in [9.17, 15) is 24.9 Å². The predicted molar refractivity (Wildman–Crippen MR) is 214 cm³/mol. The smallest absolute Gasteiger partial charge is 0.225 e. The van der Waals surface area contributed by atoms with Crippen molar-refractivity contribution in [2.75, 3.05) is 6.54 Å². The van der Waals surface area contributed by atoms with Gasteiger partial charge in [0.2, 0.25) is 11.7 Å². The van der Waals surface area contributed by atoms with E-state index in [4.69, 9.17) is 23.7 Å². The Morgan fingerprint density at radius 3 is 2.27 bits per heavy atom. The Labute approximate surface area is 336 Å². The van der Waals surface area contributed by atoms with E-state index in [1.54, 1.807) is 12.2 Å². The van der Waals surface area contributed by atoms with Crippen LogP contribution >= 0.6 is 0 Å². The van der Waals surface area contributed by atoms with Crippen molar-refractivity contribution in [3.63, 3.8) is 0 Å². The Hall–Kier alpha value is -1.70. The maximum absolute atomic E-state index is 14.5. The van der Waals surface area contributed by atoms with E-state index in [2.05, 4.69) is 32.7 Å². The summed E-state index contributed by atoms with van der Waals surface area (Å²) in [6.45, 7) is 24.1. The van der Waals surface area contributed by atoms with Crippen molar-refractivity contribution in [1.82, 2.24) is 5.32 Å². The monoisotopic (exact) mass is 790 g/mol. The number of amides is 1. The summed E-state index contributed by atoms with van der Waals surface area (Å²) in [5, 5.41) is 37.3. The number of nitrogens with one attached hydrogen (secondary N) is 1. The Morgan fingerprint density at radius 2 is 1.64 bits per heavy atom. The van der Waals surface area contributed by atoms with Crippen LogP contribution in [-0.2, 0) is 33.3 Å². The van der Waals surface area contributed by atoms with Crippen LogP contribution in [0.5, 0.6) is 0 Å². The number of ether oxygens (including phenoxy) is 5. The fourth-order valence-corrected chi connectivity index (χ4v) is 10.8. The number of carbonyl (C=O) groups is 2. The summed E-state index contributed by atoms with van der Waals surface area (Å²) in [6.07, 6.45) is 7.88. The van der Waals surface area contributed by atoms with Gasteiger partial charge >= 0.3 is 0 Å². The van der Waals surface area contributed by atoms with Crippen molar-refractivity contribution in [2.45, 2.75) is 199 Å². The van der Waals surface area contributed by atoms with Crippen LogP contribution in [0.2, 0.25) is 0 Å². The second-order valence-corrected chi connectivity index (χ2v) is 18.6. The highest BCUT2D eigenvalue weighted by molar-refractivity contribution is 5.84. The van der Waals surface area contributed by atoms with Crippen LogP contribution < -0.4 is 5.32 Å². The SMILES string of the molecule is C=CCNC(=O)[C@H](CC)[C@H]1CC[C@H](C)[C@H]([C@@H](C)[C@H](O)[C@H](C)C(=O)[C@H](CC)[C@H]2O[C@]3(C=C[C@@H](O)[C@]4(CC[C@@](C)([C@H]5CC[C@](O)(CC)[C@H](C)O5)O4)O3)[C@H](C)C[C@@H]2C)O1. The number of hydrogen-bond acceptors (Lipinski definition) is 10. The normalized spacial score (nSPS) is 44.2. The molecule has 0 saturated carbocycles. The summed E-state index contributed by atoms with van der Waals surface area (Å²) in [5.74, 6) is -4.47. The third kappa shape index (κ3) is 8.63. The van der Waals surface area contributed by atoms with Gasteiger partial charge in [0.05, 0.1) is 53.7 Å².